The second-order valence-corrected chi connectivity index (χ2v) is 15.3. The number of anilines is 1. The van der Waals surface area contributed by atoms with E-state index in [4.69, 9.17) is 9.47 Å². The lowest BCUT2D eigenvalue weighted by atomic mass is 9.84. The lowest BCUT2D eigenvalue weighted by Crippen LogP contribution is -2.38. The molecule has 0 radical (unpaired) electrons. The molecular formula is C40H34N6O6S2. The number of phenols is 1. The first-order chi connectivity index (χ1) is 26.4. The Labute approximate surface area is 315 Å². The number of nitrogens with zero attached hydrogens (tertiary/aromatic N) is 5. The third-order valence-corrected chi connectivity index (χ3v) is 11.6. The van der Waals surface area contributed by atoms with Gasteiger partial charge in [-0.3, -0.25) is 9.71 Å². The molecule has 4 unspecified atom stereocenters. The summed E-state index contributed by atoms with van der Waals surface area (Å²) in [7, 11) is -4.02. The van der Waals surface area contributed by atoms with Gasteiger partial charge in [0.25, 0.3) is 10.0 Å². The zero-order chi connectivity index (χ0) is 37.1. The van der Waals surface area contributed by atoms with Gasteiger partial charge >= 0.3 is 0 Å². The fraction of sp³-hybridized carbons (Fsp3) is 0.150. The van der Waals surface area contributed by atoms with Crippen LogP contribution in [0.1, 0.15) is 40.6 Å². The van der Waals surface area contributed by atoms with E-state index in [0.717, 1.165) is 16.7 Å². The van der Waals surface area contributed by atoms with Crippen molar-refractivity contribution in [2.45, 2.75) is 41.1 Å². The molecule has 7 aromatic rings. The maximum atomic E-state index is 13.7. The summed E-state index contributed by atoms with van der Waals surface area (Å²) in [4.78, 5) is 4.40. The third kappa shape index (κ3) is 7.42. The molecule has 12 nitrogen and oxygen atoms in total. The van der Waals surface area contributed by atoms with Crippen LogP contribution < -0.4 is 4.72 Å². The van der Waals surface area contributed by atoms with Gasteiger partial charge < -0.3 is 19.7 Å². The van der Waals surface area contributed by atoms with Crippen molar-refractivity contribution in [3.8, 4) is 11.4 Å². The van der Waals surface area contributed by atoms with Gasteiger partial charge in [-0.15, -0.1) is 5.10 Å². The Morgan fingerprint density at radius 3 is 2.35 bits per heavy atom. The number of aromatic hydroxyl groups is 1. The zero-order valence-electron chi connectivity index (χ0n) is 28.6. The highest BCUT2D eigenvalue weighted by atomic mass is 32.2. The summed E-state index contributed by atoms with van der Waals surface area (Å²) in [6.07, 6.45) is -0.279. The van der Waals surface area contributed by atoms with E-state index < -0.39 is 28.5 Å². The summed E-state index contributed by atoms with van der Waals surface area (Å²) in [5.41, 5.74) is 4.67. The van der Waals surface area contributed by atoms with E-state index in [1.807, 2.05) is 72.8 Å². The topological polar surface area (TPSA) is 162 Å². The highest BCUT2D eigenvalue weighted by molar-refractivity contribution is 7.99. The van der Waals surface area contributed by atoms with Gasteiger partial charge in [0, 0.05) is 34.5 Å². The van der Waals surface area contributed by atoms with E-state index >= 15 is 0 Å². The lowest BCUT2D eigenvalue weighted by molar-refractivity contribution is -0.255. The lowest BCUT2D eigenvalue weighted by Gasteiger charge is -2.43. The van der Waals surface area contributed by atoms with Gasteiger partial charge in [-0.2, -0.15) is 4.68 Å². The second kappa shape index (κ2) is 15.4. The van der Waals surface area contributed by atoms with E-state index in [1.165, 1.54) is 17.8 Å². The molecule has 5 aromatic carbocycles. The van der Waals surface area contributed by atoms with Gasteiger partial charge in [-0.1, -0.05) is 96.7 Å². The number of aromatic nitrogens is 5. The Kier molecular flexibility index (Phi) is 10.1. The van der Waals surface area contributed by atoms with Crippen molar-refractivity contribution >= 4 is 38.4 Å². The van der Waals surface area contributed by atoms with Crippen molar-refractivity contribution in [1.82, 2.24) is 25.2 Å². The Hall–Kier alpha value is -5.64. The van der Waals surface area contributed by atoms with Gasteiger partial charge in [0.05, 0.1) is 30.0 Å². The average Bonchev–Trinajstić information content (AvgIpc) is 3.69. The van der Waals surface area contributed by atoms with E-state index in [0.29, 0.717) is 38.8 Å². The predicted octanol–water partition coefficient (Wildman–Crippen LogP) is 6.94. The number of aliphatic hydroxyl groups excluding tert-OH is 1. The summed E-state index contributed by atoms with van der Waals surface area (Å²) in [5, 5.41) is 33.2. The van der Waals surface area contributed by atoms with Crippen molar-refractivity contribution in [2.75, 3.05) is 10.5 Å². The minimum atomic E-state index is -4.02. The largest absolute Gasteiger partial charge is 0.508 e. The minimum absolute atomic E-state index is 0.0694. The molecule has 1 aliphatic rings. The Balaban J connectivity index is 1.14. The molecule has 4 atom stereocenters. The number of aliphatic hydroxyl groups is 1. The zero-order valence-corrected chi connectivity index (χ0v) is 30.2. The van der Waals surface area contributed by atoms with Gasteiger partial charge in [-0.05, 0) is 75.6 Å². The standard InChI is InChI=1S/C40H34N6O6S2/c47-24-26-14-16-29(17-15-26)38-36(27-7-2-1-3-8-27)34(25-53-40-42-44-45-46(40)32-18-20-33(48)21-19-32)51-39(52-38)30-10-4-12-31(23-30)43-54(49,50)35-13-5-9-28-11-6-22-41-37(28)35/h1-23,34,36,38-39,43,47-48H,24-25H2. The normalized spacial score (nSPS) is 18.8. The molecule has 1 aliphatic heterocycles. The number of para-hydroxylation sites is 1. The van der Waals surface area contributed by atoms with Crippen LogP contribution in [0.15, 0.2) is 150 Å². The maximum Gasteiger partial charge on any atom is 0.264 e. The number of ether oxygens (including phenoxy) is 2. The van der Waals surface area contributed by atoms with E-state index in [1.54, 1.807) is 65.5 Å². The molecule has 1 saturated heterocycles. The SMILES string of the molecule is O=S(=O)(Nc1cccc(C2OC(CSc3nnnn3-c3ccc(O)cc3)C(c3ccccc3)C(c3ccc(CO)cc3)O2)c1)c1cccc2cccnc12. The van der Waals surface area contributed by atoms with Crippen molar-refractivity contribution in [1.29, 1.82) is 0 Å². The molecule has 54 heavy (non-hydrogen) atoms. The van der Waals surface area contributed by atoms with Crippen molar-refractivity contribution in [3.05, 3.63) is 162 Å². The van der Waals surface area contributed by atoms with Crippen LogP contribution in [0.5, 0.6) is 5.75 Å². The van der Waals surface area contributed by atoms with Crippen LogP contribution in [0, 0.1) is 0 Å². The highest BCUT2D eigenvalue weighted by Gasteiger charge is 2.42. The highest BCUT2D eigenvalue weighted by Crippen LogP contribution is 2.48. The van der Waals surface area contributed by atoms with E-state index in [9.17, 15) is 18.6 Å². The van der Waals surface area contributed by atoms with Crippen LogP contribution in [-0.2, 0) is 26.1 Å². The molecular weight excluding hydrogens is 725 g/mol. The second-order valence-electron chi connectivity index (χ2n) is 12.7. The molecule has 0 saturated carbocycles. The van der Waals surface area contributed by atoms with Crippen LogP contribution in [0.4, 0.5) is 5.69 Å². The molecule has 3 heterocycles. The molecule has 3 N–H and O–H groups in total. The predicted molar refractivity (Wildman–Crippen MR) is 204 cm³/mol. The monoisotopic (exact) mass is 758 g/mol. The Bertz CT molecular complexity index is 2480. The minimum Gasteiger partial charge on any atom is -0.508 e. The summed E-state index contributed by atoms with van der Waals surface area (Å²) < 4.78 is 45.5. The molecule has 0 spiro atoms. The van der Waals surface area contributed by atoms with Gasteiger partial charge in [0.2, 0.25) is 5.16 Å². The fourth-order valence-corrected chi connectivity index (χ4v) is 8.77. The number of pyridine rings is 1. The molecule has 0 amide bonds. The number of sulfonamides is 1. The molecule has 2 aromatic heterocycles. The molecule has 1 fully saturated rings. The van der Waals surface area contributed by atoms with Gasteiger partial charge in [-0.25, -0.2) is 8.42 Å². The molecule has 0 bridgehead atoms. The number of rotatable bonds is 11. The number of hydrogen-bond donors (Lipinski definition) is 3. The number of benzene rings is 5. The van der Waals surface area contributed by atoms with Crippen molar-refractivity contribution < 1.29 is 28.1 Å². The number of phenolic OH excluding ortho intramolecular Hbond substituents is 1. The van der Waals surface area contributed by atoms with Crippen molar-refractivity contribution in [2.24, 2.45) is 0 Å². The molecule has 14 heteroatoms. The van der Waals surface area contributed by atoms with Crippen LogP contribution >= 0.6 is 11.8 Å². The summed E-state index contributed by atoms with van der Waals surface area (Å²) in [6, 6.07) is 39.9. The van der Waals surface area contributed by atoms with E-state index in [-0.39, 0.29) is 23.2 Å². The first-order valence-corrected chi connectivity index (χ1v) is 19.6. The molecule has 8 rings (SSSR count). The number of tetrazole rings is 1. The van der Waals surface area contributed by atoms with Gasteiger partial charge in [0.1, 0.15) is 10.6 Å². The van der Waals surface area contributed by atoms with Crippen molar-refractivity contribution in [3.63, 3.8) is 0 Å². The smallest absolute Gasteiger partial charge is 0.264 e. The molecule has 0 aliphatic carbocycles. The van der Waals surface area contributed by atoms with Crippen LogP contribution in [0.25, 0.3) is 16.6 Å². The number of fused-ring (bicyclic) bond motifs is 1. The maximum absolute atomic E-state index is 13.7. The Morgan fingerprint density at radius 2 is 1.56 bits per heavy atom. The number of hydrogen-bond acceptors (Lipinski definition) is 11. The number of thioether (sulfide) groups is 1. The summed E-state index contributed by atoms with van der Waals surface area (Å²) in [5.74, 6) is 0.270. The van der Waals surface area contributed by atoms with E-state index in [2.05, 4.69) is 25.2 Å². The first-order valence-electron chi connectivity index (χ1n) is 17.1. The third-order valence-electron chi connectivity index (χ3n) is 9.18. The Morgan fingerprint density at radius 1 is 0.796 bits per heavy atom. The molecule has 272 valence electrons. The summed E-state index contributed by atoms with van der Waals surface area (Å²) >= 11 is 1.42. The van der Waals surface area contributed by atoms with Gasteiger partial charge in [0.15, 0.2) is 6.29 Å². The fourth-order valence-electron chi connectivity index (χ4n) is 6.59. The quantitative estimate of drug-likeness (QED) is 0.117. The average molecular weight is 759 g/mol. The number of nitrogens with one attached hydrogen (secondary N) is 1. The van der Waals surface area contributed by atoms with Crippen LogP contribution in [-0.4, -0.2) is 55.7 Å². The summed E-state index contributed by atoms with van der Waals surface area (Å²) in [6.45, 7) is -0.0911. The van der Waals surface area contributed by atoms with Crippen LogP contribution in [0.3, 0.4) is 0 Å². The van der Waals surface area contributed by atoms with Crippen LogP contribution in [0.2, 0.25) is 0 Å². The first kappa shape index (κ1) is 35.4.